The molecule has 4 heteroatoms. The fraction of sp³-hybridized carbons (Fsp3) is 0.562. The molecule has 0 spiro atoms. The molecule has 0 saturated carbocycles. The summed E-state index contributed by atoms with van der Waals surface area (Å²) < 4.78 is 12.7. The normalized spacial score (nSPS) is 10.8. The van der Waals surface area contributed by atoms with E-state index < -0.39 is 0 Å². The fourth-order valence-electron chi connectivity index (χ4n) is 1.80. The molecule has 3 nitrogen and oxygen atoms in total. The first kappa shape index (κ1) is 16.6. The van der Waals surface area contributed by atoms with Gasteiger partial charge in [0.1, 0.15) is 5.82 Å². The fourth-order valence-corrected chi connectivity index (χ4v) is 1.80. The maximum Gasteiger partial charge on any atom is 0.221 e. The zero-order valence-corrected chi connectivity index (χ0v) is 12.4. The highest BCUT2D eigenvalue weighted by Gasteiger charge is 2.01. The van der Waals surface area contributed by atoms with Crippen LogP contribution < -0.4 is 10.6 Å². The van der Waals surface area contributed by atoms with E-state index in [1.165, 1.54) is 12.1 Å². The largest absolute Gasteiger partial charge is 0.356 e. The van der Waals surface area contributed by atoms with Gasteiger partial charge in [-0.1, -0.05) is 26.0 Å². The first-order valence-electron chi connectivity index (χ1n) is 7.30. The van der Waals surface area contributed by atoms with Crippen molar-refractivity contribution in [3.63, 3.8) is 0 Å². The van der Waals surface area contributed by atoms with Crippen LogP contribution in [0.25, 0.3) is 0 Å². The Morgan fingerprint density at radius 3 is 2.50 bits per heavy atom. The van der Waals surface area contributed by atoms with E-state index in [0.29, 0.717) is 18.9 Å². The molecule has 0 unspecified atom stereocenters. The van der Waals surface area contributed by atoms with E-state index >= 15 is 0 Å². The van der Waals surface area contributed by atoms with Crippen molar-refractivity contribution in [3.8, 4) is 0 Å². The highest BCUT2D eigenvalue weighted by Crippen LogP contribution is 2.02. The molecule has 0 heterocycles. The number of hydrogen-bond acceptors (Lipinski definition) is 2. The Hall–Kier alpha value is -1.42. The summed E-state index contributed by atoms with van der Waals surface area (Å²) in [6, 6.07) is 6.37. The summed E-state index contributed by atoms with van der Waals surface area (Å²) in [4.78, 5) is 11.6. The minimum absolute atomic E-state index is 0.0594. The summed E-state index contributed by atoms with van der Waals surface area (Å²) in [5.41, 5.74) is 1.03. The second kappa shape index (κ2) is 9.48. The SMILES string of the molecule is CC(C)CCNCCC(=O)NCCc1ccc(F)cc1. The van der Waals surface area contributed by atoms with Crippen LogP contribution in [0.3, 0.4) is 0 Å². The lowest BCUT2D eigenvalue weighted by Gasteiger charge is -2.08. The van der Waals surface area contributed by atoms with E-state index in [1.54, 1.807) is 12.1 Å². The van der Waals surface area contributed by atoms with Crippen LogP contribution in [0.15, 0.2) is 24.3 Å². The molecule has 0 aliphatic rings. The number of rotatable bonds is 9. The smallest absolute Gasteiger partial charge is 0.221 e. The van der Waals surface area contributed by atoms with Crippen molar-refractivity contribution in [2.24, 2.45) is 5.92 Å². The van der Waals surface area contributed by atoms with Crippen molar-refractivity contribution < 1.29 is 9.18 Å². The molecule has 2 N–H and O–H groups in total. The van der Waals surface area contributed by atoms with Crippen molar-refractivity contribution in [2.75, 3.05) is 19.6 Å². The molecule has 0 aliphatic carbocycles. The summed E-state index contributed by atoms with van der Waals surface area (Å²) in [5.74, 6) is 0.515. The lowest BCUT2D eigenvalue weighted by atomic mass is 10.1. The maximum absolute atomic E-state index is 12.7. The number of carbonyl (C=O) groups is 1. The van der Waals surface area contributed by atoms with Crippen LogP contribution in [-0.4, -0.2) is 25.5 Å². The number of hydrogen-bond donors (Lipinski definition) is 2. The summed E-state index contributed by atoms with van der Waals surface area (Å²) in [6.45, 7) is 6.64. The maximum atomic E-state index is 12.7. The van der Waals surface area contributed by atoms with Crippen molar-refractivity contribution in [3.05, 3.63) is 35.6 Å². The monoisotopic (exact) mass is 280 g/mol. The predicted molar refractivity (Wildman–Crippen MR) is 80.1 cm³/mol. The Morgan fingerprint density at radius 1 is 1.15 bits per heavy atom. The molecule has 0 atom stereocenters. The molecular formula is C16H25FN2O. The molecular weight excluding hydrogens is 255 g/mol. The van der Waals surface area contributed by atoms with Gasteiger partial charge in [0.25, 0.3) is 0 Å². The van der Waals surface area contributed by atoms with Gasteiger partial charge in [0.2, 0.25) is 5.91 Å². The Labute approximate surface area is 121 Å². The lowest BCUT2D eigenvalue weighted by Crippen LogP contribution is -2.29. The van der Waals surface area contributed by atoms with Gasteiger partial charge in [0, 0.05) is 19.5 Å². The summed E-state index contributed by atoms with van der Waals surface area (Å²) in [5, 5.41) is 6.13. The number of halogens is 1. The van der Waals surface area contributed by atoms with E-state index in [1.807, 2.05) is 0 Å². The quantitative estimate of drug-likeness (QED) is 0.682. The molecule has 0 aromatic heterocycles. The number of carbonyl (C=O) groups excluding carboxylic acids is 1. The third-order valence-corrected chi connectivity index (χ3v) is 3.08. The van der Waals surface area contributed by atoms with Crippen LogP contribution in [0.4, 0.5) is 4.39 Å². The van der Waals surface area contributed by atoms with Crippen molar-refractivity contribution in [1.82, 2.24) is 10.6 Å². The van der Waals surface area contributed by atoms with E-state index in [2.05, 4.69) is 24.5 Å². The minimum Gasteiger partial charge on any atom is -0.356 e. The molecule has 20 heavy (non-hydrogen) atoms. The van der Waals surface area contributed by atoms with Gasteiger partial charge in [-0.25, -0.2) is 4.39 Å². The Balaban J connectivity index is 2.04. The van der Waals surface area contributed by atoms with E-state index in [9.17, 15) is 9.18 Å². The molecule has 0 radical (unpaired) electrons. The number of amides is 1. The average Bonchev–Trinajstić information content (AvgIpc) is 2.40. The van der Waals surface area contributed by atoms with Gasteiger partial charge in [-0.3, -0.25) is 4.79 Å². The Kier molecular flexibility index (Phi) is 7.88. The van der Waals surface area contributed by atoms with Crippen molar-refractivity contribution in [2.45, 2.75) is 33.1 Å². The standard InChI is InChI=1S/C16H25FN2O/c1-13(2)7-10-18-11-9-16(20)19-12-8-14-3-5-15(17)6-4-14/h3-6,13,18H,7-12H2,1-2H3,(H,19,20). The molecule has 0 bridgehead atoms. The zero-order valence-electron chi connectivity index (χ0n) is 12.4. The number of nitrogens with one attached hydrogen (secondary N) is 2. The first-order chi connectivity index (χ1) is 9.58. The Bertz CT molecular complexity index is 390. The molecule has 0 saturated heterocycles. The third kappa shape index (κ3) is 7.89. The highest BCUT2D eigenvalue weighted by molar-refractivity contribution is 5.76. The predicted octanol–water partition coefficient (Wildman–Crippen LogP) is 2.51. The van der Waals surface area contributed by atoms with Gasteiger partial charge in [-0.2, -0.15) is 0 Å². The molecule has 1 aromatic carbocycles. The third-order valence-electron chi connectivity index (χ3n) is 3.08. The molecule has 1 amide bonds. The van der Waals surface area contributed by atoms with Crippen LogP contribution in [-0.2, 0) is 11.2 Å². The Morgan fingerprint density at radius 2 is 1.85 bits per heavy atom. The van der Waals surface area contributed by atoms with E-state index in [0.717, 1.165) is 31.5 Å². The second-order valence-electron chi connectivity index (χ2n) is 5.41. The van der Waals surface area contributed by atoms with E-state index in [4.69, 9.17) is 0 Å². The van der Waals surface area contributed by atoms with Gasteiger partial charge >= 0.3 is 0 Å². The zero-order chi connectivity index (χ0) is 14.8. The van der Waals surface area contributed by atoms with Gasteiger partial charge in [0.15, 0.2) is 0 Å². The highest BCUT2D eigenvalue weighted by atomic mass is 19.1. The summed E-state index contributed by atoms with van der Waals surface area (Å²) in [6.07, 6.45) is 2.36. The van der Waals surface area contributed by atoms with Crippen LogP contribution in [0.5, 0.6) is 0 Å². The van der Waals surface area contributed by atoms with Crippen molar-refractivity contribution in [1.29, 1.82) is 0 Å². The molecule has 1 rings (SSSR count). The average molecular weight is 280 g/mol. The van der Waals surface area contributed by atoms with Gasteiger partial charge < -0.3 is 10.6 Å². The molecule has 1 aromatic rings. The van der Waals surface area contributed by atoms with Gasteiger partial charge in [-0.05, 0) is 43.0 Å². The van der Waals surface area contributed by atoms with Gasteiger partial charge in [0.05, 0.1) is 0 Å². The summed E-state index contributed by atoms with van der Waals surface area (Å²) >= 11 is 0. The molecule has 112 valence electrons. The number of benzene rings is 1. The van der Waals surface area contributed by atoms with E-state index in [-0.39, 0.29) is 11.7 Å². The topological polar surface area (TPSA) is 41.1 Å². The molecule has 0 aliphatic heterocycles. The van der Waals surface area contributed by atoms with Crippen LogP contribution in [0, 0.1) is 11.7 Å². The minimum atomic E-state index is -0.231. The van der Waals surface area contributed by atoms with Crippen LogP contribution in [0.2, 0.25) is 0 Å². The first-order valence-corrected chi connectivity index (χ1v) is 7.30. The molecule has 0 fully saturated rings. The van der Waals surface area contributed by atoms with Crippen LogP contribution >= 0.6 is 0 Å². The van der Waals surface area contributed by atoms with Crippen LogP contribution in [0.1, 0.15) is 32.3 Å². The van der Waals surface area contributed by atoms with Gasteiger partial charge in [-0.15, -0.1) is 0 Å². The second-order valence-corrected chi connectivity index (χ2v) is 5.41. The van der Waals surface area contributed by atoms with Crippen molar-refractivity contribution >= 4 is 5.91 Å². The lowest BCUT2D eigenvalue weighted by molar-refractivity contribution is -0.120. The summed E-state index contributed by atoms with van der Waals surface area (Å²) in [7, 11) is 0.